The van der Waals surface area contributed by atoms with Crippen LogP contribution in [0, 0.1) is 11.7 Å². The Morgan fingerprint density at radius 3 is 2.48 bits per heavy atom. The van der Waals surface area contributed by atoms with Crippen LogP contribution in [0.5, 0.6) is 11.5 Å². The van der Waals surface area contributed by atoms with Gasteiger partial charge in [-0.3, -0.25) is 9.69 Å². The first-order chi connectivity index (χ1) is 14.8. The van der Waals surface area contributed by atoms with Gasteiger partial charge in [0.2, 0.25) is 5.91 Å². The standard InChI is InChI=1S/C25H33FN2O3/c1-16(2)12-24(29)27-17(3)25-20-14-23(31-5)22(30-4)13-18(20)10-11-28(25)15-19-8-6-7-9-21(19)26/h6-9,13-14,16-17,25H,10-12,15H2,1-5H3,(H,27,29)/t17-,25-/m0/s1. The van der Waals surface area contributed by atoms with Gasteiger partial charge in [-0.1, -0.05) is 32.0 Å². The van der Waals surface area contributed by atoms with Gasteiger partial charge in [0, 0.05) is 31.1 Å². The van der Waals surface area contributed by atoms with E-state index in [-0.39, 0.29) is 29.7 Å². The molecule has 2 atom stereocenters. The molecule has 1 heterocycles. The summed E-state index contributed by atoms with van der Waals surface area (Å²) in [5.74, 6) is 1.44. The Bertz CT molecular complexity index is 916. The molecule has 0 fully saturated rings. The van der Waals surface area contributed by atoms with Gasteiger partial charge in [0.25, 0.3) is 0 Å². The first kappa shape index (κ1) is 23.1. The molecule has 1 aliphatic heterocycles. The number of halogens is 1. The van der Waals surface area contributed by atoms with Crippen molar-refractivity contribution >= 4 is 5.91 Å². The van der Waals surface area contributed by atoms with Crippen LogP contribution in [0.15, 0.2) is 36.4 Å². The molecule has 0 aromatic heterocycles. The molecular weight excluding hydrogens is 395 g/mol. The molecule has 2 aromatic carbocycles. The highest BCUT2D eigenvalue weighted by Crippen LogP contribution is 2.40. The summed E-state index contributed by atoms with van der Waals surface area (Å²) in [7, 11) is 3.25. The Hall–Kier alpha value is -2.60. The van der Waals surface area contributed by atoms with E-state index in [1.165, 1.54) is 6.07 Å². The molecule has 5 nitrogen and oxygen atoms in total. The van der Waals surface area contributed by atoms with Crippen molar-refractivity contribution in [2.75, 3.05) is 20.8 Å². The highest BCUT2D eigenvalue weighted by Gasteiger charge is 2.34. The maximum atomic E-state index is 14.4. The predicted molar refractivity (Wildman–Crippen MR) is 120 cm³/mol. The predicted octanol–water partition coefficient (Wildman–Crippen LogP) is 4.49. The summed E-state index contributed by atoms with van der Waals surface area (Å²) < 4.78 is 25.4. The van der Waals surface area contributed by atoms with Gasteiger partial charge in [0.15, 0.2) is 11.5 Å². The summed E-state index contributed by atoms with van der Waals surface area (Å²) in [5.41, 5.74) is 2.90. The molecule has 1 N–H and O–H groups in total. The van der Waals surface area contributed by atoms with Gasteiger partial charge in [-0.15, -0.1) is 0 Å². The molecule has 0 saturated heterocycles. The quantitative estimate of drug-likeness (QED) is 0.673. The zero-order chi connectivity index (χ0) is 22.5. The number of hydrogen-bond acceptors (Lipinski definition) is 4. The molecule has 3 rings (SSSR count). The molecule has 0 aliphatic carbocycles. The molecule has 0 radical (unpaired) electrons. The van der Waals surface area contributed by atoms with Crippen LogP contribution in [0.2, 0.25) is 0 Å². The van der Waals surface area contributed by atoms with Gasteiger partial charge in [0.1, 0.15) is 5.82 Å². The van der Waals surface area contributed by atoms with Crippen molar-refractivity contribution in [3.63, 3.8) is 0 Å². The summed E-state index contributed by atoms with van der Waals surface area (Å²) in [6.07, 6.45) is 1.29. The number of nitrogens with zero attached hydrogens (tertiary/aromatic N) is 1. The maximum absolute atomic E-state index is 14.4. The van der Waals surface area contributed by atoms with Crippen LogP contribution in [-0.2, 0) is 17.8 Å². The average Bonchev–Trinajstić information content (AvgIpc) is 2.73. The van der Waals surface area contributed by atoms with Crippen LogP contribution >= 0.6 is 0 Å². The summed E-state index contributed by atoms with van der Waals surface area (Å²) in [5, 5.41) is 3.17. The SMILES string of the molecule is COc1cc2c(cc1OC)[C@H]([C@H](C)NC(=O)CC(C)C)N(Cc1ccccc1F)CC2. The van der Waals surface area contributed by atoms with Gasteiger partial charge in [-0.25, -0.2) is 4.39 Å². The second-order valence-corrected chi connectivity index (χ2v) is 8.62. The fraction of sp³-hybridized carbons (Fsp3) is 0.480. The van der Waals surface area contributed by atoms with Gasteiger partial charge in [-0.2, -0.15) is 0 Å². The topological polar surface area (TPSA) is 50.8 Å². The molecule has 0 unspecified atom stereocenters. The van der Waals surface area contributed by atoms with Crippen LogP contribution in [0.1, 0.15) is 49.9 Å². The number of nitrogens with one attached hydrogen (secondary N) is 1. The molecule has 31 heavy (non-hydrogen) atoms. The van der Waals surface area contributed by atoms with Crippen molar-refractivity contribution in [3.8, 4) is 11.5 Å². The Kier molecular flexibility index (Phi) is 7.55. The van der Waals surface area contributed by atoms with Crippen LogP contribution in [0.3, 0.4) is 0 Å². The minimum Gasteiger partial charge on any atom is -0.493 e. The molecule has 0 bridgehead atoms. The number of carbonyl (C=O) groups excluding carboxylic acids is 1. The largest absolute Gasteiger partial charge is 0.493 e. The van der Waals surface area contributed by atoms with E-state index in [1.807, 2.05) is 45.0 Å². The normalized spacial score (nSPS) is 17.2. The van der Waals surface area contributed by atoms with E-state index in [1.54, 1.807) is 20.3 Å². The molecule has 0 spiro atoms. The Labute approximate surface area is 184 Å². The monoisotopic (exact) mass is 428 g/mol. The summed E-state index contributed by atoms with van der Waals surface area (Å²) >= 11 is 0. The highest BCUT2D eigenvalue weighted by atomic mass is 19.1. The summed E-state index contributed by atoms with van der Waals surface area (Å²) in [4.78, 5) is 14.8. The molecule has 0 saturated carbocycles. The lowest BCUT2D eigenvalue weighted by molar-refractivity contribution is -0.122. The molecule has 6 heteroatoms. The zero-order valence-electron chi connectivity index (χ0n) is 19.1. The van der Waals surface area contributed by atoms with Gasteiger partial charge in [0.05, 0.1) is 20.3 Å². The smallest absolute Gasteiger partial charge is 0.220 e. The third-order valence-electron chi connectivity index (χ3n) is 5.81. The zero-order valence-corrected chi connectivity index (χ0v) is 19.1. The van der Waals surface area contributed by atoms with E-state index in [2.05, 4.69) is 10.2 Å². The summed E-state index contributed by atoms with van der Waals surface area (Å²) in [6.45, 7) is 7.30. The summed E-state index contributed by atoms with van der Waals surface area (Å²) in [6, 6.07) is 10.6. The van der Waals surface area contributed by atoms with Gasteiger partial charge < -0.3 is 14.8 Å². The second-order valence-electron chi connectivity index (χ2n) is 8.62. The third-order valence-corrected chi connectivity index (χ3v) is 5.81. The van der Waals surface area contributed by atoms with E-state index in [4.69, 9.17) is 9.47 Å². The maximum Gasteiger partial charge on any atom is 0.220 e. The van der Waals surface area contributed by atoms with Crippen molar-refractivity contribution in [1.29, 1.82) is 0 Å². The van der Waals surface area contributed by atoms with E-state index in [0.29, 0.717) is 30.0 Å². The fourth-order valence-electron chi connectivity index (χ4n) is 4.40. The fourth-order valence-corrected chi connectivity index (χ4v) is 4.40. The van der Waals surface area contributed by atoms with Crippen molar-refractivity contribution in [3.05, 3.63) is 58.9 Å². The molecule has 168 valence electrons. The Balaban J connectivity index is 1.97. The lowest BCUT2D eigenvalue weighted by Crippen LogP contribution is -2.47. The number of amides is 1. The van der Waals surface area contributed by atoms with Crippen molar-refractivity contribution < 1.29 is 18.7 Å². The first-order valence-corrected chi connectivity index (χ1v) is 10.9. The van der Waals surface area contributed by atoms with Crippen LogP contribution in [0.4, 0.5) is 4.39 Å². The third kappa shape index (κ3) is 5.37. The Morgan fingerprint density at radius 2 is 1.84 bits per heavy atom. The number of ether oxygens (including phenoxy) is 2. The lowest BCUT2D eigenvalue weighted by Gasteiger charge is -2.41. The minimum absolute atomic E-state index is 0.0286. The number of rotatable bonds is 8. The van der Waals surface area contributed by atoms with Crippen molar-refractivity contribution in [1.82, 2.24) is 10.2 Å². The first-order valence-electron chi connectivity index (χ1n) is 10.9. The number of carbonyl (C=O) groups is 1. The highest BCUT2D eigenvalue weighted by molar-refractivity contribution is 5.76. The van der Waals surface area contributed by atoms with Crippen molar-refractivity contribution in [2.45, 2.75) is 52.2 Å². The number of fused-ring (bicyclic) bond motifs is 1. The number of hydrogen-bond donors (Lipinski definition) is 1. The lowest BCUT2D eigenvalue weighted by atomic mass is 9.87. The van der Waals surface area contributed by atoms with E-state index >= 15 is 0 Å². The van der Waals surface area contributed by atoms with Crippen LogP contribution in [0.25, 0.3) is 0 Å². The molecule has 2 aromatic rings. The second kappa shape index (κ2) is 10.1. The average molecular weight is 429 g/mol. The van der Waals surface area contributed by atoms with E-state index in [9.17, 15) is 9.18 Å². The van der Waals surface area contributed by atoms with E-state index < -0.39 is 0 Å². The van der Waals surface area contributed by atoms with Crippen molar-refractivity contribution in [2.24, 2.45) is 5.92 Å². The van der Waals surface area contributed by atoms with Crippen LogP contribution < -0.4 is 14.8 Å². The minimum atomic E-state index is -0.212. The van der Waals surface area contributed by atoms with Crippen LogP contribution in [-0.4, -0.2) is 37.6 Å². The Morgan fingerprint density at radius 1 is 1.16 bits per heavy atom. The molecule has 1 aliphatic rings. The molecule has 1 amide bonds. The van der Waals surface area contributed by atoms with Gasteiger partial charge in [-0.05, 0) is 48.6 Å². The van der Waals surface area contributed by atoms with E-state index in [0.717, 1.165) is 24.1 Å². The van der Waals surface area contributed by atoms with Gasteiger partial charge >= 0.3 is 0 Å². The number of benzene rings is 2. The number of methoxy groups -OCH3 is 2. The molecular formula is C25H33FN2O3.